The third-order valence-corrected chi connectivity index (χ3v) is 29.5. The number of hydrogen-bond donors (Lipinski definition) is 12. The van der Waals surface area contributed by atoms with E-state index in [9.17, 15) is 77.3 Å². The summed E-state index contributed by atoms with van der Waals surface area (Å²) >= 11 is 32.8. The molecule has 6 aliphatic heterocycles. The topological polar surface area (TPSA) is 629 Å². The number of rotatable bonds is 34. The van der Waals surface area contributed by atoms with Crippen molar-refractivity contribution in [1.29, 1.82) is 0 Å². The summed E-state index contributed by atoms with van der Waals surface area (Å²) in [6.07, 6.45) is -17.3. The van der Waals surface area contributed by atoms with Gasteiger partial charge in [0.1, 0.15) is 79.5 Å². The Labute approximate surface area is 711 Å². The molecule has 668 valence electrons. The first-order chi connectivity index (χ1) is 56.5. The number of nitrogen functional groups attached to an aromatic ring is 2. The van der Waals surface area contributed by atoms with E-state index in [2.05, 4.69) is 29.9 Å². The van der Waals surface area contributed by atoms with E-state index in [0.29, 0.717) is 11.1 Å². The van der Waals surface area contributed by atoms with Gasteiger partial charge in [-0.3, -0.25) is 66.5 Å². The lowest BCUT2D eigenvalue weighted by Crippen LogP contribution is -2.33. The van der Waals surface area contributed by atoms with Crippen LogP contribution in [-0.2, 0) is 154 Å². The van der Waals surface area contributed by atoms with Crippen LogP contribution >= 0.6 is 40.3 Å². The normalized spacial score (nSPS) is 29.9. The maximum Gasteiger partial charge on any atom is 0.351 e. The maximum absolute atomic E-state index is 13.5. The second-order valence-electron chi connectivity index (χ2n) is 28.6. The minimum absolute atomic E-state index is 0.0381. The van der Waals surface area contributed by atoms with Crippen molar-refractivity contribution in [2.24, 2.45) is 0 Å². The molecule has 0 aliphatic carbocycles. The Morgan fingerprint density at radius 2 is 0.562 bits per heavy atom. The Balaban J connectivity index is 0.743. The Morgan fingerprint density at radius 3 is 0.810 bits per heavy atom. The van der Waals surface area contributed by atoms with Gasteiger partial charge in [0.2, 0.25) is 0 Å². The number of hydrogen-bond acceptors (Lipinski definition) is 38. The van der Waals surface area contributed by atoms with E-state index < -0.39 is 240 Å². The fourth-order valence-corrected chi connectivity index (χ4v) is 22.0. The number of nitrogens with two attached hydrogens (primary N) is 2. The molecule has 12 unspecified atom stereocenters. The minimum atomic E-state index is -4.72. The molecule has 0 aromatic carbocycles. The summed E-state index contributed by atoms with van der Waals surface area (Å²) in [5, 5.41) is 0. The van der Waals surface area contributed by atoms with Crippen molar-refractivity contribution in [3.63, 3.8) is 0 Å². The van der Waals surface area contributed by atoms with Crippen molar-refractivity contribution in [3.8, 4) is 0 Å². The van der Waals surface area contributed by atoms with Gasteiger partial charge in [-0.1, -0.05) is 0 Å². The van der Waals surface area contributed by atoms with Crippen molar-refractivity contribution in [2.45, 2.75) is 198 Å². The van der Waals surface area contributed by atoms with Gasteiger partial charge in [0.25, 0.3) is 22.2 Å². The van der Waals surface area contributed by atoms with Crippen molar-refractivity contribution in [2.75, 3.05) is 51.6 Å². The highest BCUT2D eigenvalue weighted by Crippen LogP contribution is 2.57. The highest BCUT2D eigenvalue weighted by atomic mass is 32.5. The monoisotopic (exact) mass is 1930 g/mol. The Kier molecular flexibility index (Phi) is 30.0. The van der Waals surface area contributed by atoms with Crippen molar-refractivity contribution >= 4 is 123 Å². The van der Waals surface area contributed by atoms with E-state index in [1.54, 1.807) is 13.8 Å². The molecule has 121 heavy (non-hydrogen) atoms. The summed E-state index contributed by atoms with van der Waals surface area (Å²) in [5.41, 5.74) is 5.03. The molecule has 6 saturated heterocycles. The fraction of sp³-hybridized carbons (Fsp3) is 0.607. The number of H-pyrrole nitrogens is 4. The van der Waals surface area contributed by atoms with E-state index in [1.165, 1.54) is 71.8 Å². The standard InChI is InChI=1S/C61H84N14O34P6S6/c1-26-15-70(56(80)64-50(26)62)45-11-35(40(100-45)22-93-111(87,117)104-33-9-44(98-32(33)7)72-17-28(3)52(76)66-58(72)82)106-113(89,119)96-25-43-38(14-49(103-43)75-20-31(6)55(79)69-61(75)85)109-115(91,121)95-23-41-36(12-46(101-41)71-16-27(2)51(63)65-57(71)81)107-114(90,120)97-24-42-37(13-48(102-42)74-19-30(5)54(78)68-60(74)84)108-112(88,118)94-21-39-34(105-110(86,116)92-8)10-47(99-39)73-18-29(4)53(77)67-59(73)83/h15-20,32-49H,9-14,21-25H2,1-8H3,(H,86,116)(H,87,117)(H,88,118)(H,89,119)(H,90,120)(H,91,121)(H2,62,64,80)(H2,63,65,81)(H,66,76,82)(H,67,77,83)(H,68,78,84)(H,69,79,85)/t32-,33?,34?,35?,36?,37?,38?,39-,40-,41-,42-,43-,44-,45-,46-,47-,48-,49-,110?,111?,112?,113?,114?,115?/m1/s1. The molecule has 60 heteroatoms. The van der Waals surface area contributed by atoms with Crippen molar-refractivity contribution < 1.29 is 112 Å². The molecule has 6 fully saturated rings. The Morgan fingerprint density at radius 1 is 0.355 bits per heavy atom. The lowest BCUT2D eigenvalue weighted by Gasteiger charge is -2.28. The summed E-state index contributed by atoms with van der Waals surface area (Å²) in [7, 11) is 1.09. The molecule has 0 spiro atoms. The number of aromatic amines is 4. The van der Waals surface area contributed by atoms with E-state index in [-0.39, 0.29) is 72.4 Å². The van der Waals surface area contributed by atoms with Gasteiger partial charge in [-0.15, -0.1) is 0 Å². The minimum Gasteiger partial charge on any atom is -0.383 e. The van der Waals surface area contributed by atoms with E-state index in [1.807, 2.05) is 0 Å². The largest absolute Gasteiger partial charge is 0.383 e. The third-order valence-electron chi connectivity index (χ3n) is 19.9. The molecule has 12 heterocycles. The maximum atomic E-state index is 13.5. The van der Waals surface area contributed by atoms with E-state index in [4.69, 9.17) is 165 Å². The molecule has 24 atom stereocenters. The van der Waals surface area contributed by atoms with Gasteiger partial charge in [-0.25, -0.2) is 28.8 Å². The van der Waals surface area contributed by atoms with Crippen molar-refractivity contribution in [1.82, 2.24) is 57.3 Å². The first-order valence-electron chi connectivity index (χ1n) is 36.3. The van der Waals surface area contributed by atoms with Crippen LogP contribution < -0.4 is 67.8 Å². The summed E-state index contributed by atoms with van der Waals surface area (Å²) < 4.78 is 114. The van der Waals surface area contributed by atoms with Crippen LogP contribution in [0.2, 0.25) is 0 Å². The van der Waals surface area contributed by atoms with Crippen LogP contribution in [0.15, 0.2) is 85.1 Å². The first-order valence-corrected chi connectivity index (χ1v) is 51.8. The summed E-state index contributed by atoms with van der Waals surface area (Å²) in [5.74, 6) is -0.212. The molecule has 0 saturated carbocycles. The predicted molar refractivity (Wildman–Crippen MR) is 441 cm³/mol. The molecule has 12 rings (SSSR count). The highest BCUT2D eigenvalue weighted by Gasteiger charge is 2.50. The van der Waals surface area contributed by atoms with Crippen LogP contribution in [0.25, 0.3) is 0 Å². The second kappa shape index (κ2) is 38.1. The zero-order chi connectivity index (χ0) is 88.2. The smallest absolute Gasteiger partial charge is 0.351 e. The van der Waals surface area contributed by atoms with Gasteiger partial charge in [0, 0.05) is 116 Å². The average molecular weight is 1940 g/mol. The van der Waals surface area contributed by atoms with Crippen LogP contribution in [0.4, 0.5) is 11.6 Å². The molecular formula is C61H84N14O34P6S6. The molecule has 0 bridgehead atoms. The van der Waals surface area contributed by atoms with E-state index in [0.717, 1.165) is 34.5 Å². The zero-order valence-electron chi connectivity index (χ0n) is 64.6. The summed E-state index contributed by atoms with van der Waals surface area (Å²) in [6, 6.07) is 0. The summed E-state index contributed by atoms with van der Waals surface area (Å²) in [6.45, 7) is -20.2. The lowest BCUT2D eigenvalue weighted by molar-refractivity contribution is -0.0577. The molecule has 48 nitrogen and oxygen atoms in total. The molecule has 6 aliphatic rings. The number of aromatic nitrogens is 12. The van der Waals surface area contributed by atoms with Gasteiger partial charge in [0.05, 0.1) is 75.8 Å². The highest BCUT2D eigenvalue weighted by molar-refractivity contribution is 8.08. The number of nitrogens with one attached hydrogen (secondary N) is 4. The van der Waals surface area contributed by atoms with Gasteiger partial charge >= 0.3 is 74.5 Å². The van der Waals surface area contributed by atoms with Crippen LogP contribution in [-0.4, -0.2) is 200 Å². The third kappa shape index (κ3) is 23.5. The predicted octanol–water partition coefficient (Wildman–Crippen LogP) is -0.198. The molecule has 0 radical (unpaired) electrons. The zero-order valence-corrected chi connectivity index (χ0v) is 74.9. The van der Waals surface area contributed by atoms with Gasteiger partial charge in [-0.2, -0.15) is 9.97 Å². The number of anilines is 2. The van der Waals surface area contributed by atoms with Gasteiger partial charge in [0.15, 0.2) is 0 Å². The molecule has 6 aromatic heterocycles. The number of nitrogens with zero attached hydrogens (tertiary/aromatic N) is 8. The molecule has 0 amide bonds. The molecule has 6 aromatic rings. The van der Waals surface area contributed by atoms with Crippen LogP contribution in [0.3, 0.4) is 0 Å². The lowest BCUT2D eigenvalue weighted by atomic mass is 10.2. The first kappa shape index (κ1) is 95.1. The molecular weight excluding hydrogens is 1850 g/mol. The van der Waals surface area contributed by atoms with Crippen LogP contribution in [0, 0.1) is 41.5 Å². The van der Waals surface area contributed by atoms with Crippen LogP contribution in [0.1, 0.15) is 116 Å². The average Bonchev–Trinajstić information content (AvgIpc) is 1.84. The summed E-state index contributed by atoms with van der Waals surface area (Å²) in [4.78, 5) is 215. The number of aryl methyl sites for hydroxylation is 6. The Bertz CT molecular complexity index is 5890. The quantitative estimate of drug-likeness (QED) is 0.0233. The van der Waals surface area contributed by atoms with Gasteiger partial charge < -0.3 is 124 Å². The van der Waals surface area contributed by atoms with Gasteiger partial charge in [-0.05, 0) is 119 Å². The van der Waals surface area contributed by atoms with Crippen LogP contribution in [0.5, 0.6) is 0 Å². The molecule has 14 N–H and O–H groups in total. The van der Waals surface area contributed by atoms with E-state index >= 15 is 0 Å². The number of ether oxygens (including phenoxy) is 6. The second-order valence-corrected chi connectivity index (χ2v) is 45.5. The SMILES string of the molecule is COP(O)(=S)OC1C[C@H](n2cc(C)c(=O)[nH]c2=O)O[C@@H]1COP(O)(=S)OC1C[C@H](n2cc(C)c(=O)[nH]c2=O)O[C@@H]1COP(O)(=S)OC1C[C@H](n2cc(C)c(N)nc2=O)O[C@@H]1COP(O)(=S)OC1C[C@H](n2cc(C)c(=O)[nH]c2=O)O[C@@H]1COP(O)(=S)OC1C[C@H](n2cc(C)c(N)nc2=O)O[C@@H]1COP(O)(=S)OC1C[C@H](n2cc(C)c(=O)[nH]c2=O)O[C@@H]1C. The Hall–Kier alpha value is -4.98. The van der Waals surface area contributed by atoms with Crippen molar-refractivity contribution in [3.05, 3.63) is 175 Å². The fourth-order valence-electron chi connectivity index (χ4n) is 13.6.